The van der Waals surface area contributed by atoms with Gasteiger partial charge in [-0.1, -0.05) is 267 Å². The van der Waals surface area contributed by atoms with Crippen molar-refractivity contribution in [1.29, 1.82) is 0 Å². The highest BCUT2D eigenvalue weighted by atomic mass is 16.6. The molecule has 392 valence electrons. The molecule has 0 radical (unpaired) electrons. The number of esters is 3. The summed E-state index contributed by atoms with van der Waals surface area (Å²) in [6.07, 6.45) is 72.1. The van der Waals surface area contributed by atoms with Gasteiger partial charge in [-0.15, -0.1) is 0 Å². The topological polar surface area (TPSA) is 78.9 Å². The molecule has 0 saturated carbocycles. The number of carbonyl (C=O) groups excluding carboxylic acids is 3. The lowest BCUT2D eigenvalue weighted by molar-refractivity contribution is -0.167. The Kier molecular flexibility index (Phi) is 53.8. The second-order valence-electron chi connectivity index (χ2n) is 19.2. The van der Waals surface area contributed by atoms with Crippen molar-refractivity contribution in [3.8, 4) is 0 Å². The molecular weight excluding hydrogens is 841 g/mol. The average Bonchev–Trinajstić information content (AvgIpc) is 3.34. The van der Waals surface area contributed by atoms with Crippen molar-refractivity contribution in [2.24, 2.45) is 0 Å². The van der Waals surface area contributed by atoms with Gasteiger partial charge in [0.05, 0.1) is 0 Å². The number of allylic oxidation sites excluding steroid dienone is 12. The number of hydrogen-bond acceptors (Lipinski definition) is 6. The second-order valence-corrected chi connectivity index (χ2v) is 19.2. The lowest BCUT2D eigenvalue weighted by Gasteiger charge is -2.18. The van der Waals surface area contributed by atoms with Gasteiger partial charge in [0.1, 0.15) is 13.2 Å². The van der Waals surface area contributed by atoms with Gasteiger partial charge in [0.25, 0.3) is 0 Å². The first-order chi connectivity index (χ1) is 33.5. The highest BCUT2D eigenvalue weighted by Crippen LogP contribution is 2.16. The molecule has 0 aliphatic heterocycles. The molecule has 0 rings (SSSR count). The maximum atomic E-state index is 12.8. The standard InChI is InChI=1S/C62H108O6/c1-4-7-10-13-16-18-20-22-24-26-27-28-29-30-31-32-33-34-35-37-38-40-42-44-46-49-52-55-61(64)67-58-59(57-66-60(63)54-51-48-15-12-9-6-3)68-62(65)56-53-50-47-45-43-41-39-36-25-23-21-19-17-14-11-8-5-2/h7,10,16,18,22,24,27-28,30-31,33-34,59H,4-6,8-9,11-15,17,19-21,23,25-26,29,32,35-58H2,1-3H3/b10-7-,18-16-,24-22-,28-27-,31-30-,34-33-. The van der Waals surface area contributed by atoms with E-state index in [-0.39, 0.29) is 31.1 Å². The Morgan fingerprint density at radius 2 is 0.574 bits per heavy atom. The van der Waals surface area contributed by atoms with Crippen molar-refractivity contribution < 1.29 is 28.6 Å². The van der Waals surface area contributed by atoms with Crippen molar-refractivity contribution in [1.82, 2.24) is 0 Å². The summed E-state index contributed by atoms with van der Waals surface area (Å²) in [5.41, 5.74) is 0. The quantitative estimate of drug-likeness (QED) is 0.0262. The van der Waals surface area contributed by atoms with Crippen LogP contribution in [-0.2, 0) is 28.6 Å². The molecule has 0 aromatic rings. The Hall–Kier alpha value is -3.15. The predicted molar refractivity (Wildman–Crippen MR) is 293 cm³/mol. The number of ether oxygens (including phenoxy) is 3. The molecule has 68 heavy (non-hydrogen) atoms. The zero-order chi connectivity index (χ0) is 49.3. The van der Waals surface area contributed by atoms with E-state index in [9.17, 15) is 14.4 Å². The van der Waals surface area contributed by atoms with Crippen molar-refractivity contribution in [3.05, 3.63) is 72.9 Å². The van der Waals surface area contributed by atoms with Gasteiger partial charge in [0.15, 0.2) is 6.10 Å². The van der Waals surface area contributed by atoms with Crippen LogP contribution in [0.4, 0.5) is 0 Å². The van der Waals surface area contributed by atoms with E-state index in [4.69, 9.17) is 14.2 Å². The molecule has 0 spiro atoms. The number of rotatable bonds is 52. The first-order valence-corrected chi connectivity index (χ1v) is 28.9. The molecule has 0 aromatic heterocycles. The Labute approximate surface area is 421 Å². The fraction of sp³-hybridized carbons (Fsp3) is 0.758. The highest BCUT2D eigenvalue weighted by molar-refractivity contribution is 5.71. The molecule has 6 nitrogen and oxygen atoms in total. The minimum atomic E-state index is -0.773. The monoisotopic (exact) mass is 949 g/mol. The summed E-state index contributed by atoms with van der Waals surface area (Å²) in [7, 11) is 0. The largest absolute Gasteiger partial charge is 0.462 e. The normalized spacial score (nSPS) is 12.6. The van der Waals surface area contributed by atoms with Crippen molar-refractivity contribution >= 4 is 17.9 Å². The first-order valence-electron chi connectivity index (χ1n) is 28.9. The molecule has 0 aromatic carbocycles. The molecule has 0 aliphatic carbocycles. The molecule has 0 saturated heterocycles. The van der Waals surface area contributed by atoms with E-state index in [1.165, 1.54) is 141 Å². The van der Waals surface area contributed by atoms with Crippen LogP contribution in [0.25, 0.3) is 0 Å². The van der Waals surface area contributed by atoms with E-state index in [2.05, 4.69) is 93.7 Å². The number of carbonyl (C=O) groups is 3. The van der Waals surface area contributed by atoms with E-state index in [1.54, 1.807) is 0 Å². The van der Waals surface area contributed by atoms with Gasteiger partial charge in [-0.2, -0.15) is 0 Å². The molecule has 0 fully saturated rings. The fourth-order valence-electron chi connectivity index (χ4n) is 8.15. The summed E-state index contributed by atoms with van der Waals surface area (Å²) >= 11 is 0. The van der Waals surface area contributed by atoms with E-state index < -0.39 is 6.10 Å². The smallest absolute Gasteiger partial charge is 0.306 e. The van der Waals surface area contributed by atoms with Crippen LogP contribution in [0.2, 0.25) is 0 Å². The van der Waals surface area contributed by atoms with Gasteiger partial charge < -0.3 is 14.2 Å². The Morgan fingerprint density at radius 3 is 0.897 bits per heavy atom. The molecule has 0 aliphatic rings. The van der Waals surface area contributed by atoms with Gasteiger partial charge >= 0.3 is 17.9 Å². The molecule has 0 heterocycles. The molecular formula is C62H108O6. The lowest BCUT2D eigenvalue weighted by atomic mass is 10.0. The summed E-state index contributed by atoms with van der Waals surface area (Å²) in [4.78, 5) is 37.9. The van der Waals surface area contributed by atoms with E-state index >= 15 is 0 Å². The zero-order valence-corrected chi connectivity index (χ0v) is 44.9. The lowest BCUT2D eigenvalue weighted by Crippen LogP contribution is -2.30. The minimum absolute atomic E-state index is 0.0753. The third kappa shape index (κ3) is 53.8. The maximum Gasteiger partial charge on any atom is 0.306 e. The second kappa shape index (κ2) is 56.4. The zero-order valence-electron chi connectivity index (χ0n) is 44.9. The van der Waals surface area contributed by atoms with Crippen LogP contribution in [0.5, 0.6) is 0 Å². The number of unbranched alkanes of at least 4 members (excludes halogenated alkanes) is 29. The van der Waals surface area contributed by atoms with Crippen LogP contribution in [-0.4, -0.2) is 37.2 Å². The van der Waals surface area contributed by atoms with Crippen molar-refractivity contribution in [2.75, 3.05) is 13.2 Å². The van der Waals surface area contributed by atoms with Crippen molar-refractivity contribution in [3.63, 3.8) is 0 Å². The Morgan fingerprint density at radius 1 is 0.309 bits per heavy atom. The van der Waals surface area contributed by atoms with E-state index in [0.717, 1.165) is 103 Å². The predicted octanol–water partition coefficient (Wildman–Crippen LogP) is 19.4. The molecule has 6 heteroatoms. The van der Waals surface area contributed by atoms with Crippen LogP contribution in [0.3, 0.4) is 0 Å². The fourth-order valence-corrected chi connectivity index (χ4v) is 8.15. The summed E-state index contributed by atoms with van der Waals surface area (Å²) in [5, 5.41) is 0. The van der Waals surface area contributed by atoms with Gasteiger partial charge in [-0.05, 0) is 70.6 Å². The van der Waals surface area contributed by atoms with Gasteiger partial charge in [-0.3, -0.25) is 14.4 Å². The van der Waals surface area contributed by atoms with Crippen LogP contribution in [0.1, 0.15) is 284 Å². The van der Waals surface area contributed by atoms with E-state index in [0.29, 0.717) is 19.3 Å². The van der Waals surface area contributed by atoms with Crippen LogP contribution < -0.4 is 0 Å². The molecule has 0 N–H and O–H groups in total. The number of hydrogen-bond donors (Lipinski definition) is 0. The van der Waals surface area contributed by atoms with Gasteiger partial charge in [0.2, 0.25) is 0 Å². The van der Waals surface area contributed by atoms with E-state index in [1.807, 2.05) is 0 Å². The summed E-state index contributed by atoms with van der Waals surface area (Å²) in [6.45, 7) is 6.48. The SMILES string of the molecule is CC/C=C\C/C=C\C/C=C\C/C=C\C/C=C\C/C=C\CCCCCCCCCCC(=O)OCC(COC(=O)CCCCCCCC)OC(=O)CCCCCCCCCCCCCCCCCCC. The van der Waals surface area contributed by atoms with Crippen molar-refractivity contribution in [2.45, 2.75) is 290 Å². The average molecular weight is 950 g/mol. The maximum absolute atomic E-state index is 12.8. The summed E-state index contributed by atoms with van der Waals surface area (Å²) in [5.74, 6) is -0.884. The van der Waals surface area contributed by atoms with Crippen LogP contribution in [0.15, 0.2) is 72.9 Å². The van der Waals surface area contributed by atoms with Gasteiger partial charge in [0, 0.05) is 19.3 Å². The molecule has 0 amide bonds. The summed E-state index contributed by atoms with van der Waals surface area (Å²) in [6, 6.07) is 0. The molecule has 0 bridgehead atoms. The minimum Gasteiger partial charge on any atom is -0.462 e. The Balaban J connectivity index is 4.13. The molecule has 1 unspecified atom stereocenters. The third-order valence-corrected chi connectivity index (χ3v) is 12.5. The third-order valence-electron chi connectivity index (χ3n) is 12.5. The van der Waals surface area contributed by atoms with Crippen LogP contribution in [0, 0.1) is 0 Å². The molecule has 1 atom stereocenters. The highest BCUT2D eigenvalue weighted by Gasteiger charge is 2.19. The first kappa shape index (κ1) is 64.8. The summed E-state index contributed by atoms with van der Waals surface area (Å²) < 4.78 is 16.8. The Bertz CT molecular complexity index is 1270. The van der Waals surface area contributed by atoms with Gasteiger partial charge in [-0.25, -0.2) is 0 Å². The van der Waals surface area contributed by atoms with Crippen LogP contribution >= 0.6 is 0 Å².